The highest BCUT2D eigenvalue weighted by Crippen LogP contribution is 2.42. The van der Waals surface area contributed by atoms with Crippen molar-refractivity contribution in [3.63, 3.8) is 0 Å². The SMILES string of the molecule is CCCCN1c2ccccc2C(c2ccccc2)=C(C(=O)OC(C)(C)C)C1C. The number of nitrogens with zero attached hydrogens (tertiary/aromatic N) is 1. The predicted octanol–water partition coefficient (Wildman–Crippen LogP) is 5.84. The fraction of sp³-hybridized carbons (Fsp3) is 0.400. The number of hydrogen-bond acceptors (Lipinski definition) is 3. The first-order valence-electron chi connectivity index (χ1n) is 10.2. The summed E-state index contributed by atoms with van der Waals surface area (Å²) in [5, 5.41) is 0. The molecule has 1 heterocycles. The Morgan fingerprint density at radius 3 is 2.32 bits per heavy atom. The number of anilines is 1. The average molecular weight is 378 g/mol. The summed E-state index contributed by atoms with van der Waals surface area (Å²) < 4.78 is 5.84. The number of benzene rings is 2. The van der Waals surface area contributed by atoms with E-state index in [1.165, 1.54) is 5.69 Å². The standard InChI is InChI=1S/C25H31NO2/c1-6-7-17-26-18(2)22(24(27)28-25(3,4)5)23(19-13-9-8-10-14-19)20-15-11-12-16-21(20)26/h8-16,18H,6-7,17H2,1-5H3. The minimum absolute atomic E-state index is 0.0495. The number of ether oxygens (including phenoxy) is 1. The van der Waals surface area contributed by atoms with E-state index in [1.54, 1.807) is 0 Å². The Morgan fingerprint density at radius 2 is 1.68 bits per heavy atom. The lowest BCUT2D eigenvalue weighted by atomic mass is 9.84. The number of carbonyl (C=O) groups is 1. The van der Waals surface area contributed by atoms with Crippen LogP contribution in [0.25, 0.3) is 5.57 Å². The molecule has 0 saturated carbocycles. The van der Waals surface area contributed by atoms with Crippen LogP contribution < -0.4 is 4.90 Å². The largest absolute Gasteiger partial charge is 0.457 e. The van der Waals surface area contributed by atoms with Crippen molar-refractivity contribution in [1.82, 2.24) is 0 Å². The predicted molar refractivity (Wildman–Crippen MR) is 116 cm³/mol. The van der Waals surface area contributed by atoms with Crippen molar-refractivity contribution in [3.05, 3.63) is 71.3 Å². The van der Waals surface area contributed by atoms with Crippen LogP contribution in [0.1, 0.15) is 58.6 Å². The van der Waals surface area contributed by atoms with Gasteiger partial charge in [0.1, 0.15) is 5.60 Å². The van der Waals surface area contributed by atoms with Crippen LogP contribution in [-0.4, -0.2) is 24.2 Å². The number of esters is 1. The van der Waals surface area contributed by atoms with Gasteiger partial charge in [0.05, 0.1) is 11.6 Å². The molecule has 0 bridgehead atoms. The van der Waals surface area contributed by atoms with E-state index < -0.39 is 5.60 Å². The Bertz CT molecular complexity index is 862. The van der Waals surface area contributed by atoms with Gasteiger partial charge in [-0.05, 0) is 45.7 Å². The molecule has 3 nitrogen and oxygen atoms in total. The van der Waals surface area contributed by atoms with Crippen molar-refractivity contribution in [2.45, 2.75) is 59.1 Å². The molecule has 0 saturated heterocycles. The van der Waals surface area contributed by atoms with E-state index in [1.807, 2.05) is 45.0 Å². The molecular formula is C25H31NO2. The third kappa shape index (κ3) is 4.14. The van der Waals surface area contributed by atoms with Gasteiger partial charge in [-0.3, -0.25) is 0 Å². The molecule has 0 fully saturated rings. The maximum atomic E-state index is 13.3. The first-order valence-corrected chi connectivity index (χ1v) is 10.2. The first-order chi connectivity index (χ1) is 13.3. The smallest absolute Gasteiger partial charge is 0.337 e. The minimum atomic E-state index is -0.531. The number of unbranched alkanes of at least 4 members (excludes halogenated alkanes) is 1. The van der Waals surface area contributed by atoms with E-state index >= 15 is 0 Å². The Kier molecular flexibility index (Phi) is 5.93. The van der Waals surface area contributed by atoms with Crippen LogP contribution >= 0.6 is 0 Å². The maximum absolute atomic E-state index is 13.3. The third-order valence-electron chi connectivity index (χ3n) is 5.07. The Balaban J connectivity index is 2.22. The highest BCUT2D eigenvalue weighted by molar-refractivity contribution is 6.07. The maximum Gasteiger partial charge on any atom is 0.337 e. The molecule has 28 heavy (non-hydrogen) atoms. The number of para-hydroxylation sites is 1. The topological polar surface area (TPSA) is 29.5 Å². The van der Waals surface area contributed by atoms with Crippen LogP contribution in [0, 0.1) is 0 Å². The van der Waals surface area contributed by atoms with Gasteiger partial charge in [0, 0.05) is 23.4 Å². The van der Waals surface area contributed by atoms with Crippen molar-refractivity contribution in [1.29, 1.82) is 0 Å². The minimum Gasteiger partial charge on any atom is -0.457 e. The second-order valence-electron chi connectivity index (χ2n) is 8.40. The molecule has 0 radical (unpaired) electrons. The van der Waals surface area contributed by atoms with E-state index in [0.717, 1.165) is 41.7 Å². The fourth-order valence-corrected chi connectivity index (χ4v) is 3.82. The number of carbonyl (C=O) groups excluding carboxylic acids is 1. The van der Waals surface area contributed by atoms with Crippen LogP contribution in [0.2, 0.25) is 0 Å². The Labute approximate surface area is 169 Å². The monoisotopic (exact) mass is 377 g/mol. The second-order valence-corrected chi connectivity index (χ2v) is 8.40. The van der Waals surface area contributed by atoms with Crippen molar-refractivity contribution >= 4 is 17.2 Å². The molecule has 1 atom stereocenters. The summed E-state index contributed by atoms with van der Waals surface area (Å²) in [7, 11) is 0. The molecule has 3 heteroatoms. The van der Waals surface area contributed by atoms with Crippen LogP contribution in [0.5, 0.6) is 0 Å². The lowest BCUT2D eigenvalue weighted by Gasteiger charge is -2.40. The normalized spacial score (nSPS) is 16.8. The molecule has 0 aromatic heterocycles. The summed E-state index contributed by atoms with van der Waals surface area (Å²) in [6.45, 7) is 11.0. The molecular weight excluding hydrogens is 346 g/mol. The molecule has 2 aromatic carbocycles. The molecule has 1 aliphatic rings. The molecule has 148 valence electrons. The van der Waals surface area contributed by atoms with E-state index in [2.05, 4.69) is 49.1 Å². The Hall–Kier alpha value is -2.55. The van der Waals surface area contributed by atoms with Gasteiger partial charge in [-0.1, -0.05) is 61.9 Å². The van der Waals surface area contributed by atoms with Crippen LogP contribution in [0.3, 0.4) is 0 Å². The van der Waals surface area contributed by atoms with Gasteiger partial charge in [0.25, 0.3) is 0 Å². The van der Waals surface area contributed by atoms with E-state index in [9.17, 15) is 4.79 Å². The summed E-state index contributed by atoms with van der Waals surface area (Å²) in [4.78, 5) is 15.7. The zero-order valence-corrected chi connectivity index (χ0v) is 17.7. The van der Waals surface area contributed by atoms with E-state index in [-0.39, 0.29) is 12.0 Å². The van der Waals surface area contributed by atoms with Gasteiger partial charge in [-0.2, -0.15) is 0 Å². The zero-order chi connectivity index (χ0) is 20.3. The summed E-state index contributed by atoms with van der Waals surface area (Å²) >= 11 is 0. The van der Waals surface area contributed by atoms with Gasteiger partial charge in [0.15, 0.2) is 0 Å². The summed E-state index contributed by atoms with van der Waals surface area (Å²) in [5.74, 6) is -0.227. The van der Waals surface area contributed by atoms with Gasteiger partial charge in [-0.25, -0.2) is 4.79 Å². The van der Waals surface area contributed by atoms with Gasteiger partial charge >= 0.3 is 5.97 Å². The lowest BCUT2D eigenvalue weighted by Crippen LogP contribution is -2.42. The van der Waals surface area contributed by atoms with Crippen LogP contribution in [-0.2, 0) is 9.53 Å². The van der Waals surface area contributed by atoms with Crippen molar-refractivity contribution in [3.8, 4) is 0 Å². The van der Waals surface area contributed by atoms with E-state index in [4.69, 9.17) is 4.74 Å². The lowest BCUT2D eigenvalue weighted by molar-refractivity contribution is -0.150. The highest BCUT2D eigenvalue weighted by atomic mass is 16.6. The highest BCUT2D eigenvalue weighted by Gasteiger charge is 2.36. The number of fused-ring (bicyclic) bond motifs is 1. The third-order valence-corrected chi connectivity index (χ3v) is 5.07. The van der Waals surface area contributed by atoms with Crippen molar-refractivity contribution in [2.24, 2.45) is 0 Å². The zero-order valence-electron chi connectivity index (χ0n) is 17.7. The molecule has 0 amide bonds. The molecule has 2 aromatic rings. The quantitative estimate of drug-likeness (QED) is 0.613. The van der Waals surface area contributed by atoms with Gasteiger partial charge in [0.2, 0.25) is 0 Å². The van der Waals surface area contributed by atoms with Gasteiger partial charge in [-0.15, -0.1) is 0 Å². The summed E-state index contributed by atoms with van der Waals surface area (Å²) in [5.41, 5.74) is 4.55. The number of rotatable bonds is 5. The summed E-state index contributed by atoms with van der Waals surface area (Å²) in [6, 6.07) is 18.5. The number of hydrogen-bond donors (Lipinski definition) is 0. The Morgan fingerprint density at radius 1 is 1.04 bits per heavy atom. The van der Waals surface area contributed by atoms with Crippen molar-refractivity contribution in [2.75, 3.05) is 11.4 Å². The molecule has 0 spiro atoms. The fourth-order valence-electron chi connectivity index (χ4n) is 3.82. The van der Waals surface area contributed by atoms with Crippen LogP contribution in [0.15, 0.2) is 60.2 Å². The van der Waals surface area contributed by atoms with Crippen molar-refractivity contribution < 1.29 is 9.53 Å². The van der Waals surface area contributed by atoms with Gasteiger partial charge < -0.3 is 9.64 Å². The average Bonchev–Trinajstić information content (AvgIpc) is 2.65. The molecule has 3 rings (SSSR count). The van der Waals surface area contributed by atoms with E-state index in [0.29, 0.717) is 0 Å². The molecule has 0 N–H and O–H groups in total. The first kappa shape index (κ1) is 20.2. The molecule has 1 aliphatic heterocycles. The molecule has 1 unspecified atom stereocenters. The summed E-state index contributed by atoms with van der Waals surface area (Å²) in [6.07, 6.45) is 2.20. The second kappa shape index (κ2) is 8.22. The molecule has 0 aliphatic carbocycles. The van der Waals surface area contributed by atoms with Crippen LogP contribution in [0.4, 0.5) is 5.69 Å².